The van der Waals surface area contributed by atoms with E-state index in [0.717, 1.165) is 35.9 Å². The van der Waals surface area contributed by atoms with Gasteiger partial charge in [-0.3, -0.25) is 0 Å². The van der Waals surface area contributed by atoms with Gasteiger partial charge in [0.15, 0.2) is 5.13 Å². The maximum absolute atomic E-state index is 13.4. The average molecular weight is 279 g/mol. The lowest BCUT2D eigenvalue weighted by atomic mass is 10.2. The van der Waals surface area contributed by atoms with E-state index in [4.69, 9.17) is 5.73 Å². The summed E-state index contributed by atoms with van der Waals surface area (Å²) in [6.07, 6.45) is 1.75. The molecule has 102 valence electrons. The van der Waals surface area contributed by atoms with Gasteiger partial charge in [-0.05, 0) is 37.6 Å². The number of benzene rings is 1. The SMILES string of the molecule is CCc1csc(N(CCCN)c2cccc(F)c2)n1. The van der Waals surface area contributed by atoms with Crippen molar-refractivity contribution in [1.82, 2.24) is 4.98 Å². The summed E-state index contributed by atoms with van der Waals surface area (Å²) in [5.74, 6) is -0.234. The van der Waals surface area contributed by atoms with Gasteiger partial charge in [-0.15, -0.1) is 11.3 Å². The van der Waals surface area contributed by atoms with Crippen molar-refractivity contribution in [3.63, 3.8) is 0 Å². The second-order valence-electron chi connectivity index (χ2n) is 4.25. The predicted octanol–water partition coefficient (Wildman–Crippen LogP) is 3.33. The van der Waals surface area contributed by atoms with Gasteiger partial charge in [-0.2, -0.15) is 0 Å². The number of rotatable bonds is 6. The first-order valence-corrected chi connectivity index (χ1v) is 7.30. The van der Waals surface area contributed by atoms with Gasteiger partial charge >= 0.3 is 0 Å². The van der Waals surface area contributed by atoms with E-state index in [0.29, 0.717) is 6.54 Å². The summed E-state index contributed by atoms with van der Waals surface area (Å²) in [6.45, 7) is 3.43. The van der Waals surface area contributed by atoms with Crippen LogP contribution >= 0.6 is 11.3 Å². The van der Waals surface area contributed by atoms with Gasteiger partial charge < -0.3 is 10.6 Å². The lowest BCUT2D eigenvalue weighted by Gasteiger charge is -2.21. The zero-order valence-corrected chi connectivity index (χ0v) is 11.8. The van der Waals surface area contributed by atoms with Gasteiger partial charge in [0.2, 0.25) is 0 Å². The van der Waals surface area contributed by atoms with Crippen molar-refractivity contribution in [3.8, 4) is 0 Å². The summed E-state index contributed by atoms with van der Waals surface area (Å²) >= 11 is 1.58. The van der Waals surface area contributed by atoms with E-state index in [1.54, 1.807) is 17.4 Å². The zero-order chi connectivity index (χ0) is 13.7. The van der Waals surface area contributed by atoms with E-state index in [-0.39, 0.29) is 5.82 Å². The Morgan fingerprint density at radius 2 is 2.26 bits per heavy atom. The third-order valence-electron chi connectivity index (χ3n) is 2.84. The Morgan fingerprint density at radius 1 is 1.42 bits per heavy atom. The first-order valence-electron chi connectivity index (χ1n) is 6.42. The van der Waals surface area contributed by atoms with E-state index in [1.165, 1.54) is 12.1 Å². The fourth-order valence-corrected chi connectivity index (χ4v) is 2.77. The first-order chi connectivity index (χ1) is 9.24. The Kier molecular flexibility index (Phi) is 4.87. The number of aryl methyl sites for hydroxylation is 1. The molecule has 0 aliphatic carbocycles. The number of halogens is 1. The number of nitrogens with zero attached hydrogens (tertiary/aromatic N) is 2. The molecule has 0 fully saturated rings. The molecule has 19 heavy (non-hydrogen) atoms. The van der Waals surface area contributed by atoms with E-state index in [2.05, 4.69) is 11.9 Å². The topological polar surface area (TPSA) is 42.1 Å². The predicted molar refractivity (Wildman–Crippen MR) is 78.6 cm³/mol. The van der Waals surface area contributed by atoms with Crippen molar-refractivity contribution >= 4 is 22.2 Å². The van der Waals surface area contributed by atoms with Crippen molar-refractivity contribution in [2.24, 2.45) is 5.73 Å². The number of thiazole rings is 1. The van der Waals surface area contributed by atoms with Gasteiger partial charge in [0.1, 0.15) is 5.82 Å². The Hall–Kier alpha value is -1.46. The summed E-state index contributed by atoms with van der Waals surface area (Å²) in [5.41, 5.74) is 7.47. The van der Waals surface area contributed by atoms with E-state index >= 15 is 0 Å². The van der Waals surface area contributed by atoms with Crippen molar-refractivity contribution in [2.75, 3.05) is 18.0 Å². The molecule has 0 saturated heterocycles. The Balaban J connectivity index is 2.29. The van der Waals surface area contributed by atoms with Crippen LogP contribution in [0.1, 0.15) is 19.0 Å². The van der Waals surface area contributed by atoms with Crippen LogP contribution in [0.3, 0.4) is 0 Å². The molecule has 0 saturated carbocycles. The van der Waals surface area contributed by atoms with Crippen LogP contribution in [-0.4, -0.2) is 18.1 Å². The molecular formula is C14H18FN3S. The highest BCUT2D eigenvalue weighted by atomic mass is 32.1. The van der Waals surface area contributed by atoms with E-state index < -0.39 is 0 Å². The van der Waals surface area contributed by atoms with Gasteiger partial charge in [0.05, 0.1) is 5.69 Å². The highest BCUT2D eigenvalue weighted by molar-refractivity contribution is 7.13. The highest BCUT2D eigenvalue weighted by Crippen LogP contribution is 2.29. The number of hydrogen-bond donors (Lipinski definition) is 1. The zero-order valence-electron chi connectivity index (χ0n) is 11.0. The van der Waals surface area contributed by atoms with Gasteiger partial charge in [0.25, 0.3) is 0 Å². The Bertz CT molecular complexity index is 527. The molecule has 3 nitrogen and oxygen atoms in total. The molecule has 0 atom stereocenters. The Labute approximate surface area is 116 Å². The number of aromatic nitrogens is 1. The molecular weight excluding hydrogens is 261 g/mol. The average Bonchev–Trinajstić information content (AvgIpc) is 2.88. The lowest BCUT2D eigenvalue weighted by Crippen LogP contribution is -2.21. The van der Waals surface area contributed by atoms with Crippen LogP contribution in [0.5, 0.6) is 0 Å². The van der Waals surface area contributed by atoms with Crippen LogP contribution in [0.2, 0.25) is 0 Å². The maximum atomic E-state index is 13.4. The number of anilines is 2. The monoisotopic (exact) mass is 279 g/mol. The molecule has 0 spiro atoms. The molecule has 0 unspecified atom stereocenters. The van der Waals surface area contributed by atoms with Crippen molar-refractivity contribution in [2.45, 2.75) is 19.8 Å². The summed E-state index contributed by atoms with van der Waals surface area (Å²) in [5, 5.41) is 2.94. The first kappa shape index (κ1) is 14.0. The molecule has 1 aromatic heterocycles. The summed E-state index contributed by atoms with van der Waals surface area (Å²) < 4.78 is 13.4. The fraction of sp³-hybridized carbons (Fsp3) is 0.357. The van der Waals surface area contributed by atoms with Crippen LogP contribution in [-0.2, 0) is 6.42 Å². The van der Waals surface area contributed by atoms with Crippen LogP contribution in [0, 0.1) is 5.82 Å². The van der Waals surface area contributed by atoms with Gasteiger partial charge in [0, 0.05) is 17.6 Å². The number of nitrogens with two attached hydrogens (primary N) is 1. The number of hydrogen-bond acceptors (Lipinski definition) is 4. The second-order valence-corrected chi connectivity index (χ2v) is 5.09. The maximum Gasteiger partial charge on any atom is 0.190 e. The van der Waals surface area contributed by atoms with Crippen molar-refractivity contribution in [3.05, 3.63) is 41.2 Å². The molecule has 0 bridgehead atoms. The van der Waals surface area contributed by atoms with Crippen molar-refractivity contribution in [1.29, 1.82) is 0 Å². The molecule has 0 radical (unpaired) electrons. The highest BCUT2D eigenvalue weighted by Gasteiger charge is 2.13. The van der Waals surface area contributed by atoms with E-state index in [1.807, 2.05) is 16.3 Å². The van der Waals surface area contributed by atoms with Crippen LogP contribution < -0.4 is 10.6 Å². The van der Waals surface area contributed by atoms with Crippen LogP contribution in [0.25, 0.3) is 0 Å². The van der Waals surface area contributed by atoms with Crippen LogP contribution in [0.15, 0.2) is 29.6 Å². The fourth-order valence-electron chi connectivity index (χ4n) is 1.81. The minimum absolute atomic E-state index is 0.234. The third kappa shape index (κ3) is 3.52. The standard InChI is InChI=1S/C14H18FN3S/c1-2-12-10-19-14(17-12)18(8-4-7-16)13-6-3-5-11(15)9-13/h3,5-6,9-10H,2,4,7-8,16H2,1H3. The molecule has 2 aromatic rings. The summed E-state index contributed by atoms with van der Waals surface area (Å²) in [6, 6.07) is 6.59. The molecule has 0 amide bonds. The van der Waals surface area contributed by atoms with Crippen LogP contribution in [0.4, 0.5) is 15.2 Å². The van der Waals surface area contributed by atoms with E-state index in [9.17, 15) is 4.39 Å². The quantitative estimate of drug-likeness (QED) is 0.882. The molecule has 2 rings (SSSR count). The largest absolute Gasteiger partial charge is 0.330 e. The van der Waals surface area contributed by atoms with Gasteiger partial charge in [-0.1, -0.05) is 13.0 Å². The second kappa shape index (κ2) is 6.63. The smallest absolute Gasteiger partial charge is 0.190 e. The molecule has 0 aliphatic heterocycles. The molecule has 2 N–H and O–H groups in total. The lowest BCUT2D eigenvalue weighted by molar-refractivity contribution is 0.627. The minimum Gasteiger partial charge on any atom is -0.330 e. The minimum atomic E-state index is -0.234. The summed E-state index contributed by atoms with van der Waals surface area (Å²) in [4.78, 5) is 6.60. The molecule has 0 aliphatic rings. The van der Waals surface area contributed by atoms with Gasteiger partial charge in [-0.25, -0.2) is 9.37 Å². The molecule has 1 aromatic carbocycles. The third-order valence-corrected chi connectivity index (χ3v) is 3.75. The normalized spacial score (nSPS) is 10.7. The van der Waals surface area contributed by atoms with Crippen molar-refractivity contribution < 1.29 is 4.39 Å². The summed E-state index contributed by atoms with van der Waals surface area (Å²) in [7, 11) is 0. The molecule has 1 heterocycles. The Morgan fingerprint density at radius 3 is 2.89 bits per heavy atom. The molecule has 5 heteroatoms.